The third-order valence-corrected chi connectivity index (χ3v) is 3.13. The SMILES string of the molecule is CCc1cc(COc2cc(C)ccc2C(=O)O)n(C)n1. The van der Waals surface area contributed by atoms with Crippen LogP contribution in [0.2, 0.25) is 0 Å². The standard InChI is InChI=1S/C15H18N2O3/c1-4-11-8-12(17(3)16-11)9-20-14-7-10(2)5-6-13(14)15(18)19/h5-8H,4,9H2,1-3H3,(H,18,19). The van der Waals surface area contributed by atoms with E-state index < -0.39 is 5.97 Å². The summed E-state index contributed by atoms with van der Waals surface area (Å²) in [5.41, 5.74) is 3.05. The zero-order valence-electron chi connectivity index (χ0n) is 11.9. The molecule has 0 unspecified atom stereocenters. The minimum absolute atomic E-state index is 0.175. The van der Waals surface area contributed by atoms with Crippen molar-refractivity contribution in [2.24, 2.45) is 7.05 Å². The third kappa shape index (κ3) is 2.99. The number of aryl methyl sites for hydroxylation is 3. The molecule has 0 aliphatic carbocycles. The maximum absolute atomic E-state index is 11.2. The summed E-state index contributed by atoms with van der Waals surface area (Å²) in [5.74, 6) is -0.601. The average Bonchev–Trinajstić information content (AvgIpc) is 2.76. The molecule has 1 heterocycles. The first-order chi connectivity index (χ1) is 9.51. The number of nitrogens with zero attached hydrogens (tertiary/aromatic N) is 2. The number of carbonyl (C=O) groups is 1. The molecule has 0 aliphatic heterocycles. The van der Waals surface area contributed by atoms with E-state index in [0.717, 1.165) is 23.4 Å². The molecule has 106 valence electrons. The van der Waals surface area contributed by atoms with Crippen molar-refractivity contribution in [1.82, 2.24) is 9.78 Å². The fraction of sp³-hybridized carbons (Fsp3) is 0.333. The van der Waals surface area contributed by atoms with Crippen LogP contribution in [0, 0.1) is 6.92 Å². The van der Waals surface area contributed by atoms with E-state index in [0.29, 0.717) is 12.4 Å². The Morgan fingerprint density at radius 3 is 2.75 bits per heavy atom. The van der Waals surface area contributed by atoms with E-state index in [4.69, 9.17) is 9.84 Å². The molecule has 0 amide bonds. The minimum Gasteiger partial charge on any atom is -0.486 e. The molecule has 0 atom stereocenters. The summed E-state index contributed by atoms with van der Waals surface area (Å²) in [7, 11) is 1.85. The van der Waals surface area contributed by atoms with Crippen LogP contribution >= 0.6 is 0 Å². The predicted molar refractivity (Wildman–Crippen MR) is 75.1 cm³/mol. The van der Waals surface area contributed by atoms with Gasteiger partial charge >= 0.3 is 5.97 Å². The van der Waals surface area contributed by atoms with Gasteiger partial charge in [-0.15, -0.1) is 0 Å². The van der Waals surface area contributed by atoms with Gasteiger partial charge in [-0.05, 0) is 37.1 Å². The molecule has 0 fully saturated rings. The number of hydrogen-bond acceptors (Lipinski definition) is 3. The van der Waals surface area contributed by atoms with Crippen LogP contribution in [-0.4, -0.2) is 20.9 Å². The summed E-state index contributed by atoms with van der Waals surface area (Å²) >= 11 is 0. The lowest BCUT2D eigenvalue weighted by Gasteiger charge is -2.10. The van der Waals surface area contributed by atoms with Crippen molar-refractivity contribution >= 4 is 5.97 Å². The van der Waals surface area contributed by atoms with Crippen molar-refractivity contribution in [2.75, 3.05) is 0 Å². The van der Waals surface area contributed by atoms with Crippen molar-refractivity contribution < 1.29 is 14.6 Å². The van der Waals surface area contributed by atoms with Gasteiger partial charge in [-0.2, -0.15) is 5.10 Å². The predicted octanol–water partition coefficient (Wildman–Crippen LogP) is 2.57. The van der Waals surface area contributed by atoms with Gasteiger partial charge in [0.1, 0.15) is 17.9 Å². The maximum Gasteiger partial charge on any atom is 0.339 e. The Kier molecular flexibility index (Phi) is 4.08. The summed E-state index contributed by atoms with van der Waals surface area (Å²) in [4.78, 5) is 11.2. The average molecular weight is 274 g/mol. The molecule has 0 radical (unpaired) electrons. The lowest BCUT2D eigenvalue weighted by molar-refractivity contribution is 0.0691. The van der Waals surface area contributed by atoms with E-state index in [1.165, 1.54) is 0 Å². The number of carboxylic acid groups (broad SMARTS) is 1. The molecule has 0 saturated carbocycles. The Labute approximate surface area is 117 Å². The molecular weight excluding hydrogens is 256 g/mol. The van der Waals surface area contributed by atoms with Gasteiger partial charge in [-0.25, -0.2) is 4.79 Å². The van der Waals surface area contributed by atoms with Gasteiger partial charge in [-0.1, -0.05) is 13.0 Å². The highest BCUT2D eigenvalue weighted by Gasteiger charge is 2.12. The van der Waals surface area contributed by atoms with E-state index >= 15 is 0 Å². The Morgan fingerprint density at radius 1 is 1.40 bits per heavy atom. The van der Waals surface area contributed by atoms with Crippen molar-refractivity contribution in [3.63, 3.8) is 0 Å². The normalized spacial score (nSPS) is 10.6. The molecular formula is C15H18N2O3. The van der Waals surface area contributed by atoms with Crippen LogP contribution in [0.4, 0.5) is 0 Å². The van der Waals surface area contributed by atoms with Crippen LogP contribution in [-0.2, 0) is 20.1 Å². The zero-order chi connectivity index (χ0) is 14.7. The van der Waals surface area contributed by atoms with Crippen LogP contribution < -0.4 is 4.74 Å². The molecule has 5 nitrogen and oxygen atoms in total. The monoisotopic (exact) mass is 274 g/mol. The second kappa shape index (κ2) is 5.77. The van der Waals surface area contributed by atoms with Gasteiger partial charge in [0, 0.05) is 7.05 Å². The number of carboxylic acids is 1. The molecule has 0 spiro atoms. The molecule has 20 heavy (non-hydrogen) atoms. The quantitative estimate of drug-likeness (QED) is 0.910. The molecule has 1 aromatic heterocycles. The van der Waals surface area contributed by atoms with Crippen molar-refractivity contribution in [1.29, 1.82) is 0 Å². The summed E-state index contributed by atoms with van der Waals surface area (Å²) < 4.78 is 7.42. The number of benzene rings is 1. The maximum atomic E-state index is 11.2. The number of aromatic nitrogens is 2. The fourth-order valence-electron chi connectivity index (χ4n) is 1.96. The van der Waals surface area contributed by atoms with E-state index in [2.05, 4.69) is 5.10 Å². The van der Waals surface area contributed by atoms with E-state index in [1.54, 1.807) is 22.9 Å². The van der Waals surface area contributed by atoms with Gasteiger partial charge in [0.15, 0.2) is 0 Å². The Balaban J connectivity index is 2.19. The Hall–Kier alpha value is -2.30. The van der Waals surface area contributed by atoms with Crippen LogP contribution in [0.15, 0.2) is 24.3 Å². The Bertz CT molecular complexity index is 632. The first-order valence-corrected chi connectivity index (χ1v) is 6.49. The Morgan fingerprint density at radius 2 is 2.15 bits per heavy atom. The topological polar surface area (TPSA) is 64.3 Å². The molecule has 0 aliphatic rings. The van der Waals surface area contributed by atoms with Gasteiger partial charge in [0.25, 0.3) is 0 Å². The van der Waals surface area contributed by atoms with Crippen LogP contribution in [0.3, 0.4) is 0 Å². The molecule has 5 heteroatoms. The van der Waals surface area contributed by atoms with E-state index in [1.807, 2.05) is 27.0 Å². The molecule has 0 saturated heterocycles. The van der Waals surface area contributed by atoms with E-state index in [-0.39, 0.29) is 5.56 Å². The summed E-state index contributed by atoms with van der Waals surface area (Å²) in [6.07, 6.45) is 0.860. The molecule has 0 bridgehead atoms. The van der Waals surface area contributed by atoms with Crippen molar-refractivity contribution in [2.45, 2.75) is 26.9 Å². The second-order valence-corrected chi connectivity index (χ2v) is 4.70. The highest BCUT2D eigenvalue weighted by molar-refractivity contribution is 5.90. The first kappa shape index (κ1) is 14.1. The van der Waals surface area contributed by atoms with Gasteiger partial charge in [0.2, 0.25) is 0 Å². The summed E-state index contributed by atoms with van der Waals surface area (Å²) in [5, 5.41) is 13.5. The molecule has 2 aromatic rings. The lowest BCUT2D eigenvalue weighted by atomic mass is 10.1. The van der Waals surface area contributed by atoms with Crippen LogP contribution in [0.25, 0.3) is 0 Å². The summed E-state index contributed by atoms with van der Waals surface area (Å²) in [6.45, 7) is 4.24. The van der Waals surface area contributed by atoms with Gasteiger partial charge in [-0.3, -0.25) is 4.68 Å². The van der Waals surface area contributed by atoms with Crippen LogP contribution in [0.1, 0.15) is 34.2 Å². The number of rotatable bonds is 5. The number of ether oxygens (including phenoxy) is 1. The number of hydrogen-bond donors (Lipinski definition) is 1. The van der Waals surface area contributed by atoms with Gasteiger partial charge < -0.3 is 9.84 Å². The second-order valence-electron chi connectivity index (χ2n) is 4.70. The van der Waals surface area contributed by atoms with E-state index in [9.17, 15) is 4.79 Å². The highest BCUT2D eigenvalue weighted by Crippen LogP contribution is 2.21. The minimum atomic E-state index is -0.987. The molecule has 2 rings (SSSR count). The first-order valence-electron chi connectivity index (χ1n) is 6.49. The third-order valence-electron chi connectivity index (χ3n) is 3.13. The largest absolute Gasteiger partial charge is 0.486 e. The molecule has 1 aromatic carbocycles. The molecule has 1 N–H and O–H groups in total. The fourth-order valence-corrected chi connectivity index (χ4v) is 1.96. The van der Waals surface area contributed by atoms with Crippen LogP contribution in [0.5, 0.6) is 5.75 Å². The lowest BCUT2D eigenvalue weighted by Crippen LogP contribution is -2.06. The summed E-state index contributed by atoms with van der Waals surface area (Å²) in [6, 6.07) is 7.03. The number of aromatic carboxylic acids is 1. The van der Waals surface area contributed by atoms with Crippen molar-refractivity contribution in [3.8, 4) is 5.75 Å². The highest BCUT2D eigenvalue weighted by atomic mass is 16.5. The van der Waals surface area contributed by atoms with Crippen molar-refractivity contribution in [3.05, 3.63) is 46.8 Å². The smallest absolute Gasteiger partial charge is 0.339 e. The zero-order valence-corrected chi connectivity index (χ0v) is 11.9. The van der Waals surface area contributed by atoms with Gasteiger partial charge in [0.05, 0.1) is 11.4 Å².